The minimum Gasteiger partial charge on any atom is -0.357 e. The Labute approximate surface area is 140 Å². The zero-order chi connectivity index (χ0) is 13.5. The van der Waals surface area contributed by atoms with Crippen LogP contribution >= 0.6 is 24.0 Å². The molecule has 5 heteroatoms. The summed E-state index contributed by atoms with van der Waals surface area (Å²) in [6.45, 7) is 8.61. The van der Waals surface area contributed by atoms with Gasteiger partial charge in [0.15, 0.2) is 5.96 Å². The summed E-state index contributed by atoms with van der Waals surface area (Å²) in [6, 6.07) is 1.17. The third-order valence-corrected chi connectivity index (χ3v) is 4.06. The van der Waals surface area contributed by atoms with Crippen molar-refractivity contribution in [3.63, 3.8) is 0 Å². The van der Waals surface area contributed by atoms with E-state index < -0.39 is 0 Å². The van der Waals surface area contributed by atoms with Crippen LogP contribution in [0, 0.1) is 0 Å². The second-order valence-corrected chi connectivity index (χ2v) is 5.43. The lowest BCUT2D eigenvalue weighted by molar-refractivity contribution is 0.273. The maximum atomic E-state index is 4.78. The highest BCUT2D eigenvalue weighted by Gasteiger charge is 2.22. The molecule has 2 rings (SSSR count). The lowest BCUT2D eigenvalue weighted by Crippen LogP contribution is -2.43. The summed E-state index contributed by atoms with van der Waals surface area (Å²) in [5.41, 5.74) is 0. The van der Waals surface area contributed by atoms with Crippen LogP contribution in [0.1, 0.15) is 39.5 Å². The van der Waals surface area contributed by atoms with E-state index in [4.69, 9.17) is 4.99 Å². The summed E-state index contributed by atoms with van der Waals surface area (Å²) >= 11 is 0. The molecule has 1 fully saturated rings. The zero-order valence-electron chi connectivity index (χ0n) is 12.8. The van der Waals surface area contributed by atoms with Crippen LogP contribution in [0.5, 0.6) is 0 Å². The van der Waals surface area contributed by atoms with Crippen molar-refractivity contribution in [2.75, 3.05) is 26.2 Å². The Balaban J connectivity index is 0.00000200. The van der Waals surface area contributed by atoms with Crippen LogP contribution < -0.4 is 10.6 Å². The number of likely N-dealkylation sites (N-methyl/N-ethyl adjacent to an activating group) is 1. The lowest BCUT2D eigenvalue weighted by atomic mass is 10.2. The zero-order valence-corrected chi connectivity index (χ0v) is 15.1. The number of likely N-dealkylation sites (tertiary alicyclic amines) is 1. The fraction of sp³-hybridized carbons (Fsp3) is 0.800. The molecule has 0 radical (unpaired) electrons. The number of aliphatic imine (C=N–C) groups is 1. The monoisotopic (exact) mass is 392 g/mol. The number of guanidine groups is 1. The number of rotatable bonds is 5. The van der Waals surface area contributed by atoms with Crippen molar-refractivity contribution >= 4 is 29.9 Å². The van der Waals surface area contributed by atoms with Crippen LogP contribution in [0.2, 0.25) is 0 Å². The van der Waals surface area contributed by atoms with Gasteiger partial charge in [0.2, 0.25) is 0 Å². The van der Waals surface area contributed by atoms with Crippen molar-refractivity contribution in [3.05, 3.63) is 12.2 Å². The number of nitrogens with one attached hydrogen (secondary N) is 2. The first-order valence-electron chi connectivity index (χ1n) is 7.77. The fourth-order valence-corrected chi connectivity index (χ4v) is 2.96. The standard InChI is InChI=1S/C15H28N4.HI/c1-3-16-15(18-13-8-5-6-9-13)17-12-14-10-7-11-19(14)4-2;/h5-6,13-14H,3-4,7-12H2,1-2H3,(H2,16,17,18);1H. The molecular weight excluding hydrogens is 363 g/mol. The predicted molar refractivity (Wildman–Crippen MR) is 97.0 cm³/mol. The highest BCUT2D eigenvalue weighted by atomic mass is 127. The van der Waals surface area contributed by atoms with E-state index >= 15 is 0 Å². The molecule has 1 heterocycles. The van der Waals surface area contributed by atoms with Gasteiger partial charge < -0.3 is 10.6 Å². The van der Waals surface area contributed by atoms with Gasteiger partial charge in [-0.3, -0.25) is 9.89 Å². The smallest absolute Gasteiger partial charge is 0.191 e. The van der Waals surface area contributed by atoms with Gasteiger partial charge in [-0.25, -0.2) is 0 Å². The normalized spacial score (nSPS) is 23.9. The Bertz CT molecular complexity index is 322. The number of nitrogens with zero attached hydrogens (tertiary/aromatic N) is 2. The summed E-state index contributed by atoms with van der Waals surface area (Å²) in [6.07, 6.45) is 9.35. The maximum absolute atomic E-state index is 4.78. The Morgan fingerprint density at radius 1 is 1.30 bits per heavy atom. The Kier molecular flexibility index (Phi) is 8.52. The minimum atomic E-state index is 0. The van der Waals surface area contributed by atoms with Gasteiger partial charge in [0.25, 0.3) is 0 Å². The van der Waals surface area contributed by atoms with E-state index in [1.807, 2.05) is 0 Å². The van der Waals surface area contributed by atoms with Gasteiger partial charge in [-0.1, -0.05) is 19.1 Å². The molecule has 1 atom stereocenters. The third kappa shape index (κ3) is 5.24. The van der Waals surface area contributed by atoms with Gasteiger partial charge in [0, 0.05) is 18.6 Å². The van der Waals surface area contributed by atoms with Gasteiger partial charge in [-0.05, 0) is 45.7 Å². The molecule has 0 saturated carbocycles. The SMILES string of the molecule is CCNC(=NCC1CCCN1CC)NC1CC=CC1.I. The predicted octanol–water partition coefficient (Wildman–Crippen LogP) is 2.36. The summed E-state index contributed by atoms with van der Waals surface area (Å²) in [4.78, 5) is 7.33. The summed E-state index contributed by atoms with van der Waals surface area (Å²) in [5.74, 6) is 0.985. The maximum Gasteiger partial charge on any atom is 0.191 e. The summed E-state index contributed by atoms with van der Waals surface area (Å²) in [5, 5.41) is 6.89. The van der Waals surface area contributed by atoms with E-state index in [1.54, 1.807) is 0 Å². The van der Waals surface area contributed by atoms with E-state index in [0.717, 1.165) is 38.4 Å². The molecule has 1 aliphatic carbocycles. The number of hydrogen-bond acceptors (Lipinski definition) is 2. The van der Waals surface area contributed by atoms with Crippen molar-refractivity contribution < 1.29 is 0 Å². The molecule has 0 amide bonds. The Morgan fingerprint density at radius 3 is 2.70 bits per heavy atom. The molecule has 2 N–H and O–H groups in total. The lowest BCUT2D eigenvalue weighted by Gasteiger charge is -2.22. The Morgan fingerprint density at radius 2 is 2.05 bits per heavy atom. The van der Waals surface area contributed by atoms with Gasteiger partial charge in [0.1, 0.15) is 0 Å². The molecule has 0 aromatic carbocycles. The second-order valence-electron chi connectivity index (χ2n) is 5.43. The molecule has 1 unspecified atom stereocenters. The van der Waals surface area contributed by atoms with E-state index in [9.17, 15) is 0 Å². The molecule has 0 aromatic rings. The van der Waals surface area contributed by atoms with Crippen molar-refractivity contribution in [2.24, 2.45) is 4.99 Å². The van der Waals surface area contributed by atoms with E-state index in [0.29, 0.717) is 12.1 Å². The van der Waals surface area contributed by atoms with Gasteiger partial charge in [0.05, 0.1) is 6.54 Å². The van der Waals surface area contributed by atoms with Crippen LogP contribution in [-0.2, 0) is 0 Å². The van der Waals surface area contributed by atoms with Crippen LogP contribution in [0.4, 0.5) is 0 Å². The van der Waals surface area contributed by atoms with Gasteiger partial charge in [-0.15, -0.1) is 24.0 Å². The van der Waals surface area contributed by atoms with Gasteiger partial charge >= 0.3 is 0 Å². The molecule has 0 bridgehead atoms. The van der Waals surface area contributed by atoms with Crippen LogP contribution in [0.15, 0.2) is 17.1 Å². The van der Waals surface area contributed by atoms with Crippen LogP contribution in [0.25, 0.3) is 0 Å². The quantitative estimate of drug-likeness (QED) is 0.327. The Hall–Kier alpha value is -0.300. The largest absolute Gasteiger partial charge is 0.357 e. The average molecular weight is 392 g/mol. The highest BCUT2D eigenvalue weighted by molar-refractivity contribution is 14.0. The number of halogens is 1. The first kappa shape index (κ1) is 17.8. The van der Waals surface area contributed by atoms with Crippen molar-refractivity contribution in [1.82, 2.24) is 15.5 Å². The van der Waals surface area contributed by atoms with Crippen molar-refractivity contribution in [1.29, 1.82) is 0 Å². The topological polar surface area (TPSA) is 39.7 Å². The average Bonchev–Trinajstić information content (AvgIpc) is 3.07. The molecule has 20 heavy (non-hydrogen) atoms. The van der Waals surface area contributed by atoms with Gasteiger partial charge in [-0.2, -0.15) is 0 Å². The minimum absolute atomic E-state index is 0. The highest BCUT2D eigenvalue weighted by Crippen LogP contribution is 2.16. The first-order chi connectivity index (χ1) is 9.33. The van der Waals surface area contributed by atoms with Crippen molar-refractivity contribution in [2.45, 2.75) is 51.6 Å². The van der Waals surface area contributed by atoms with E-state index in [2.05, 4.69) is 41.5 Å². The summed E-state index contributed by atoms with van der Waals surface area (Å²) < 4.78 is 0. The first-order valence-corrected chi connectivity index (χ1v) is 7.77. The molecular formula is C15H29IN4. The summed E-state index contributed by atoms with van der Waals surface area (Å²) in [7, 11) is 0. The fourth-order valence-electron chi connectivity index (χ4n) is 2.96. The molecule has 4 nitrogen and oxygen atoms in total. The van der Waals surface area contributed by atoms with Crippen molar-refractivity contribution in [3.8, 4) is 0 Å². The molecule has 1 saturated heterocycles. The molecule has 116 valence electrons. The molecule has 2 aliphatic rings. The van der Waals surface area contributed by atoms with E-state index in [1.165, 1.54) is 19.4 Å². The van der Waals surface area contributed by atoms with Crippen LogP contribution in [-0.4, -0.2) is 49.1 Å². The molecule has 0 spiro atoms. The number of hydrogen-bond donors (Lipinski definition) is 2. The molecule has 0 aromatic heterocycles. The third-order valence-electron chi connectivity index (χ3n) is 4.06. The second kappa shape index (κ2) is 9.60. The van der Waals surface area contributed by atoms with Crippen LogP contribution in [0.3, 0.4) is 0 Å². The van der Waals surface area contributed by atoms with E-state index in [-0.39, 0.29) is 24.0 Å². The molecule has 1 aliphatic heterocycles.